The van der Waals surface area contributed by atoms with E-state index in [1.54, 1.807) is 31.2 Å². The number of carbonyl (C=O) groups excluding carboxylic acids is 2. The summed E-state index contributed by atoms with van der Waals surface area (Å²) in [6.07, 6.45) is 3.70. The summed E-state index contributed by atoms with van der Waals surface area (Å²) in [5.41, 5.74) is 0.622. The second-order valence-electron chi connectivity index (χ2n) is 7.64. The van der Waals surface area contributed by atoms with Crippen LogP contribution in [-0.4, -0.2) is 57.9 Å². The molecular weight excluding hydrogens is 372 g/mol. The van der Waals surface area contributed by atoms with Crippen molar-refractivity contribution in [2.24, 2.45) is 5.92 Å². The van der Waals surface area contributed by atoms with E-state index in [0.717, 1.165) is 38.8 Å². The Hall–Kier alpha value is -2.90. The highest BCUT2D eigenvalue weighted by atomic mass is 16.5. The second-order valence-corrected chi connectivity index (χ2v) is 7.64. The summed E-state index contributed by atoms with van der Waals surface area (Å²) < 4.78 is 10.5. The van der Waals surface area contributed by atoms with E-state index in [1.807, 2.05) is 9.80 Å². The van der Waals surface area contributed by atoms with Gasteiger partial charge in [0.25, 0.3) is 5.91 Å². The molecular formula is C21H26N4O4. The van der Waals surface area contributed by atoms with Gasteiger partial charge in [-0.1, -0.05) is 5.16 Å². The molecule has 2 aliphatic heterocycles. The van der Waals surface area contributed by atoms with Crippen molar-refractivity contribution in [2.75, 3.05) is 26.2 Å². The van der Waals surface area contributed by atoms with Crippen LogP contribution in [0.5, 0.6) is 5.75 Å². The third-order valence-electron chi connectivity index (χ3n) is 5.59. The standard InChI is InChI=1S/C21H26N4O4/c1-15-22-19(23-29-15)14-28-18-6-4-16(5-7-18)20(26)25-12-8-17(9-13-25)21(27)24-10-2-3-11-24/h4-7,17H,2-3,8-14H2,1H3. The van der Waals surface area contributed by atoms with E-state index in [1.165, 1.54) is 0 Å². The molecule has 0 spiro atoms. The molecule has 2 saturated heterocycles. The number of benzene rings is 1. The lowest BCUT2D eigenvalue weighted by atomic mass is 9.95. The number of aryl methyl sites for hydroxylation is 1. The van der Waals surface area contributed by atoms with E-state index in [9.17, 15) is 9.59 Å². The molecule has 1 aromatic carbocycles. The Morgan fingerprint density at radius 3 is 2.38 bits per heavy atom. The van der Waals surface area contributed by atoms with Gasteiger partial charge in [0, 0.05) is 44.6 Å². The predicted octanol–water partition coefficient (Wildman–Crippen LogP) is 2.43. The van der Waals surface area contributed by atoms with Gasteiger partial charge in [0.05, 0.1) is 0 Å². The second kappa shape index (κ2) is 8.63. The summed E-state index contributed by atoms with van der Waals surface area (Å²) in [6, 6.07) is 7.06. The molecule has 4 rings (SSSR count). The van der Waals surface area contributed by atoms with Crippen LogP contribution in [0.4, 0.5) is 0 Å². The van der Waals surface area contributed by atoms with Gasteiger partial charge in [-0.3, -0.25) is 9.59 Å². The number of carbonyl (C=O) groups is 2. The Morgan fingerprint density at radius 2 is 1.76 bits per heavy atom. The fourth-order valence-electron chi connectivity index (χ4n) is 3.95. The maximum Gasteiger partial charge on any atom is 0.253 e. The van der Waals surface area contributed by atoms with Crippen LogP contribution >= 0.6 is 0 Å². The maximum absolute atomic E-state index is 12.8. The summed E-state index contributed by atoms with van der Waals surface area (Å²) in [5, 5.41) is 3.78. The highest BCUT2D eigenvalue weighted by Crippen LogP contribution is 2.24. The summed E-state index contributed by atoms with van der Waals surface area (Å²) in [4.78, 5) is 33.2. The lowest BCUT2D eigenvalue weighted by Crippen LogP contribution is -2.43. The topological polar surface area (TPSA) is 88.8 Å². The van der Waals surface area contributed by atoms with Crippen LogP contribution in [0.25, 0.3) is 0 Å². The SMILES string of the molecule is Cc1nc(COc2ccc(C(=O)N3CCC(C(=O)N4CCCC4)CC3)cc2)no1. The largest absolute Gasteiger partial charge is 0.485 e. The Morgan fingerprint density at radius 1 is 1.07 bits per heavy atom. The number of piperidine rings is 1. The van der Waals surface area contributed by atoms with E-state index in [0.29, 0.717) is 36.1 Å². The van der Waals surface area contributed by atoms with Crippen LogP contribution in [0.2, 0.25) is 0 Å². The highest BCUT2D eigenvalue weighted by molar-refractivity contribution is 5.94. The van der Waals surface area contributed by atoms with E-state index in [4.69, 9.17) is 9.26 Å². The summed E-state index contributed by atoms with van der Waals surface area (Å²) >= 11 is 0. The Balaban J connectivity index is 1.27. The normalized spacial score (nSPS) is 17.6. The zero-order valence-corrected chi connectivity index (χ0v) is 16.7. The first-order valence-corrected chi connectivity index (χ1v) is 10.2. The van der Waals surface area contributed by atoms with Crippen LogP contribution in [0, 0.1) is 12.8 Å². The lowest BCUT2D eigenvalue weighted by Gasteiger charge is -2.33. The number of ether oxygens (including phenoxy) is 1. The van der Waals surface area contributed by atoms with Crippen molar-refractivity contribution in [2.45, 2.75) is 39.2 Å². The molecule has 8 heteroatoms. The van der Waals surface area contributed by atoms with Crippen molar-refractivity contribution < 1.29 is 18.8 Å². The van der Waals surface area contributed by atoms with Gasteiger partial charge in [-0.05, 0) is 49.9 Å². The van der Waals surface area contributed by atoms with Crippen molar-refractivity contribution in [3.63, 3.8) is 0 Å². The smallest absolute Gasteiger partial charge is 0.253 e. The minimum Gasteiger partial charge on any atom is -0.485 e. The first kappa shape index (κ1) is 19.4. The number of hydrogen-bond donors (Lipinski definition) is 0. The molecule has 0 bridgehead atoms. The fourth-order valence-corrected chi connectivity index (χ4v) is 3.95. The monoisotopic (exact) mass is 398 g/mol. The molecule has 0 saturated carbocycles. The minimum atomic E-state index is -0.00239. The first-order valence-electron chi connectivity index (χ1n) is 10.2. The van der Waals surface area contributed by atoms with Crippen LogP contribution < -0.4 is 4.74 Å². The van der Waals surface area contributed by atoms with E-state index >= 15 is 0 Å². The molecule has 2 aliphatic rings. The molecule has 2 fully saturated rings. The van der Waals surface area contributed by atoms with Gasteiger partial charge in [0.2, 0.25) is 17.6 Å². The molecule has 1 aromatic heterocycles. The van der Waals surface area contributed by atoms with Crippen LogP contribution in [-0.2, 0) is 11.4 Å². The van der Waals surface area contributed by atoms with Gasteiger partial charge in [-0.15, -0.1) is 0 Å². The number of amides is 2. The molecule has 2 amide bonds. The van der Waals surface area contributed by atoms with Crippen LogP contribution in [0.3, 0.4) is 0 Å². The fraction of sp³-hybridized carbons (Fsp3) is 0.524. The van der Waals surface area contributed by atoms with Crippen LogP contribution in [0.1, 0.15) is 47.8 Å². The average Bonchev–Trinajstić information content (AvgIpc) is 3.44. The van der Waals surface area contributed by atoms with Crippen molar-refractivity contribution in [3.8, 4) is 5.75 Å². The minimum absolute atomic E-state index is 0.00239. The molecule has 2 aromatic rings. The summed E-state index contributed by atoms with van der Waals surface area (Å²) in [7, 11) is 0. The van der Waals surface area contributed by atoms with Crippen LogP contribution in [0.15, 0.2) is 28.8 Å². The van der Waals surface area contributed by atoms with E-state index in [2.05, 4.69) is 10.1 Å². The summed E-state index contributed by atoms with van der Waals surface area (Å²) in [6.45, 7) is 4.96. The molecule has 0 atom stereocenters. The quantitative estimate of drug-likeness (QED) is 0.769. The molecule has 8 nitrogen and oxygen atoms in total. The lowest BCUT2D eigenvalue weighted by molar-refractivity contribution is -0.135. The molecule has 0 unspecified atom stereocenters. The molecule has 29 heavy (non-hydrogen) atoms. The first-order chi connectivity index (χ1) is 14.1. The van der Waals surface area contributed by atoms with Gasteiger partial charge in [0.15, 0.2) is 6.61 Å². The van der Waals surface area contributed by atoms with Gasteiger partial charge in [0.1, 0.15) is 5.75 Å². The number of rotatable bonds is 5. The zero-order valence-electron chi connectivity index (χ0n) is 16.7. The molecule has 154 valence electrons. The van der Waals surface area contributed by atoms with Crippen molar-refractivity contribution >= 4 is 11.8 Å². The Kier molecular flexibility index (Phi) is 5.78. The van der Waals surface area contributed by atoms with Crippen molar-refractivity contribution in [1.29, 1.82) is 0 Å². The Bertz CT molecular complexity index is 850. The summed E-state index contributed by atoms with van der Waals surface area (Å²) in [5.74, 6) is 1.94. The highest BCUT2D eigenvalue weighted by Gasteiger charge is 2.31. The third kappa shape index (κ3) is 4.58. The number of aromatic nitrogens is 2. The van der Waals surface area contributed by atoms with Gasteiger partial charge in [-0.2, -0.15) is 4.98 Å². The van der Waals surface area contributed by atoms with E-state index in [-0.39, 0.29) is 24.3 Å². The molecule has 0 radical (unpaired) electrons. The van der Waals surface area contributed by atoms with Gasteiger partial charge < -0.3 is 19.1 Å². The predicted molar refractivity (Wildman–Crippen MR) is 104 cm³/mol. The maximum atomic E-state index is 12.8. The number of likely N-dealkylation sites (tertiary alicyclic amines) is 2. The van der Waals surface area contributed by atoms with Gasteiger partial charge >= 0.3 is 0 Å². The number of nitrogens with zero attached hydrogens (tertiary/aromatic N) is 4. The third-order valence-corrected chi connectivity index (χ3v) is 5.59. The van der Waals surface area contributed by atoms with Crippen molar-refractivity contribution in [1.82, 2.24) is 19.9 Å². The van der Waals surface area contributed by atoms with Crippen molar-refractivity contribution in [3.05, 3.63) is 41.5 Å². The number of hydrogen-bond acceptors (Lipinski definition) is 6. The molecule has 0 aliphatic carbocycles. The molecule has 3 heterocycles. The molecule has 0 N–H and O–H groups in total. The van der Waals surface area contributed by atoms with E-state index < -0.39 is 0 Å². The average molecular weight is 398 g/mol. The van der Waals surface area contributed by atoms with Gasteiger partial charge in [-0.25, -0.2) is 0 Å². The zero-order chi connectivity index (χ0) is 20.2. The Labute approximate surface area is 169 Å².